The van der Waals surface area contributed by atoms with E-state index >= 15 is 0 Å². The Balaban J connectivity index is 1.69. The number of ether oxygens (including phenoxy) is 1. The number of benzene rings is 1. The molecule has 1 N–H and O–H groups in total. The summed E-state index contributed by atoms with van der Waals surface area (Å²) in [7, 11) is 0. The van der Waals surface area contributed by atoms with Gasteiger partial charge in [-0.15, -0.1) is 0 Å². The lowest BCUT2D eigenvalue weighted by atomic mass is 10.2. The Kier molecular flexibility index (Phi) is 4.76. The van der Waals surface area contributed by atoms with Crippen LogP contribution in [0.5, 0.6) is 5.75 Å². The van der Waals surface area contributed by atoms with Gasteiger partial charge in [-0.3, -0.25) is 4.79 Å². The molecule has 0 radical (unpaired) electrons. The van der Waals surface area contributed by atoms with Gasteiger partial charge in [-0.1, -0.05) is 23.4 Å². The van der Waals surface area contributed by atoms with Gasteiger partial charge in [-0.2, -0.15) is 0 Å². The predicted molar refractivity (Wildman–Crippen MR) is 74.6 cm³/mol. The van der Waals surface area contributed by atoms with Crippen molar-refractivity contribution in [3.63, 3.8) is 0 Å². The summed E-state index contributed by atoms with van der Waals surface area (Å²) in [5.41, 5.74) is 1.85. The number of carbonyl (C=O) groups is 1. The summed E-state index contributed by atoms with van der Waals surface area (Å²) in [6.07, 6.45) is 0.622. The standard InChI is InChI=1S/C15H18N2O3/c1-11-5-3-4-6-14(11)19-10-15(18)16-8-7-13-9-12(2)17-20-13/h3-6,9H,7-8,10H2,1-2H3,(H,16,18). The van der Waals surface area contributed by atoms with Gasteiger partial charge in [0.1, 0.15) is 11.5 Å². The van der Waals surface area contributed by atoms with Crippen molar-refractivity contribution >= 4 is 5.91 Å². The summed E-state index contributed by atoms with van der Waals surface area (Å²) in [5, 5.41) is 6.57. The summed E-state index contributed by atoms with van der Waals surface area (Å²) in [6.45, 7) is 4.33. The van der Waals surface area contributed by atoms with Gasteiger partial charge in [-0.25, -0.2) is 0 Å². The fourth-order valence-electron chi connectivity index (χ4n) is 1.77. The second kappa shape index (κ2) is 6.75. The first-order valence-electron chi connectivity index (χ1n) is 6.52. The van der Waals surface area contributed by atoms with Crippen molar-refractivity contribution in [2.24, 2.45) is 0 Å². The molecule has 0 saturated carbocycles. The minimum absolute atomic E-state index is 0.0142. The Hall–Kier alpha value is -2.30. The molecule has 0 saturated heterocycles. The van der Waals surface area contributed by atoms with E-state index in [2.05, 4.69) is 10.5 Å². The molecule has 20 heavy (non-hydrogen) atoms. The summed E-state index contributed by atoms with van der Waals surface area (Å²) in [6, 6.07) is 9.46. The highest BCUT2D eigenvalue weighted by molar-refractivity contribution is 5.77. The second-order valence-corrected chi connectivity index (χ2v) is 4.59. The molecule has 2 aromatic rings. The maximum Gasteiger partial charge on any atom is 0.257 e. The van der Waals surface area contributed by atoms with Crippen LogP contribution in [0.15, 0.2) is 34.9 Å². The quantitative estimate of drug-likeness (QED) is 0.875. The molecule has 0 bridgehead atoms. The van der Waals surface area contributed by atoms with Crippen LogP contribution in [-0.2, 0) is 11.2 Å². The number of hydrogen-bond donors (Lipinski definition) is 1. The highest BCUT2D eigenvalue weighted by Crippen LogP contribution is 2.15. The third kappa shape index (κ3) is 4.12. The summed E-state index contributed by atoms with van der Waals surface area (Å²) >= 11 is 0. The smallest absolute Gasteiger partial charge is 0.257 e. The molecule has 0 fully saturated rings. The number of carbonyl (C=O) groups excluding carboxylic acids is 1. The van der Waals surface area contributed by atoms with Gasteiger partial charge in [0.25, 0.3) is 5.91 Å². The molecule has 2 rings (SSSR count). The van der Waals surface area contributed by atoms with E-state index in [1.807, 2.05) is 44.2 Å². The van der Waals surface area contributed by atoms with Gasteiger partial charge in [0.05, 0.1) is 5.69 Å². The third-order valence-electron chi connectivity index (χ3n) is 2.82. The number of aromatic nitrogens is 1. The lowest BCUT2D eigenvalue weighted by Crippen LogP contribution is -2.30. The zero-order chi connectivity index (χ0) is 14.4. The number of hydrogen-bond acceptors (Lipinski definition) is 4. The van der Waals surface area contributed by atoms with Crippen LogP contribution in [0.3, 0.4) is 0 Å². The van der Waals surface area contributed by atoms with Crippen LogP contribution >= 0.6 is 0 Å². The molecule has 0 spiro atoms. The van der Waals surface area contributed by atoms with Crippen LogP contribution in [0.1, 0.15) is 17.0 Å². The molecule has 1 aromatic carbocycles. The first-order valence-corrected chi connectivity index (χ1v) is 6.52. The highest BCUT2D eigenvalue weighted by atomic mass is 16.5. The minimum Gasteiger partial charge on any atom is -0.484 e. The Labute approximate surface area is 117 Å². The van der Waals surface area contributed by atoms with E-state index in [0.717, 1.165) is 22.8 Å². The number of amides is 1. The molecule has 0 atom stereocenters. The van der Waals surface area contributed by atoms with Crippen molar-refractivity contribution in [3.05, 3.63) is 47.3 Å². The number of para-hydroxylation sites is 1. The Morgan fingerprint density at radius 2 is 2.15 bits per heavy atom. The van der Waals surface area contributed by atoms with Crippen LogP contribution in [-0.4, -0.2) is 24.2 Å². The van der Waals surface area contributed by atoms with Crippen molar-refractivity contribution in [3.8, 4) is 5.75 Å². The van der Waals surface area contributed by atoms with E-state index in [0.29, 0.717) is 13.0 Å². The van der Waals surface area contributed by atoms with Crippen molar-refractivity contribution in [1.82, 2.24) is 10.5 Å². The van der Waals surface area contributed by atoms with E-state index < -0.39 is 0 Å². The average molecular weight is 274 g/mol. The largest absolute Gasteiger partial charge is 0.484 e. The zero-order valence-electron chi connectivity index (χ0n) is 11.7. The Morgan fingerprint density at radius 3 is 2.85 bits per heavy atom. The molecule has 1 heterocycles. The first kappa shape index (κ1) is 14.1. The maximum absolute atomic E-state index is 11.6. The molecule has 5 heteroatoms. The van der Waals surface area contributed by atoms with Crippen molar-refractivity contribution < 1.29 is 14.1 Å². The van der Waals surface area contributed by atoms with Gasteiger partial charge in [0.15, 0.2) is 6.61 Å². The van der Waals surface area contributed by atoms with Crippen LogP contribution in [0, 0.1) is 13.8 Å². The van der Waals surface area contributed by atoms with Gasteiger partial charge in [0.2, 0.25) is 0 Å². The molecular weight excluding hydrogens is 256 g/mol. The highest BCUT2D eigenvalue weighted by Gasteiger charge is 2.05. The molecule has 0 aliphatic carbocycles. The molecule has 1 amide bonds. The summed E-state index contributed by atoms with van der Waals surface area (Å²) < 4.78 is 10.5. The first-order chi connectivity index (χ1) is 9.65. The molecule has 0 aliphatic rings. The van der Waals surface area contributed by atoms with E-state index in [9.17, 15) is 4.79 Å². The van der Waals surface area contributed by atoms with Crippen molar-refractivity contribution in [2.75, 3.05) is 13.2 Å². The monoisotopic (exact) mass is 274 g/mol. The van der Waals surface area contributed by atoms with Crippen LogP contribution in [0.25, 0.3) is 0 Å². The van der Waals surface area contributed by atoms with Crippen LogP contribution in [0.4, 0.5) is 0 Å². The normalized spacial score (nSPS) is 10.3. The molecule has 0 aliphatic heterocycles. The van der Waals surface area contributed by atoms with Gasteiger partial charge in [0, 0.05) is 19.0 Å². The van der Waals surface area contributed by atoms with E-state index in [4.69, 9.17) is 9.26 Å². The fraction of sp³-hybridized carbons (Fsp3) is 0.333. The zero-order valence-corrected chi connectivity index (χ0v) is 11.7. The molecule has 106 valence electrons. The molecule has 5 nitrogen and oxygen atoms in total. The van der Waals surface area contributed by atoms with E-state index in [1.54, 1.807) is 0 Å². The topological polar surface area (TPSA) is 64.4 Å². The minimum atomic E-state index is -0.149. The van der Waals surface area contributed by atoms with Crippen LogP contribution in [0.2, 0.25) is 0 Å². The fourth-order valence-corrected chi connectivity index (χ4v) is 1.77. The molecule has 0 unspecified atom stereocenters. The van der Waals surface area contributed by atoms with Gasteiger partial charge < -0.3 is 14.6 Å². The average Bonchev–Trinajstić information content (AvgIpc) is 2.83. The Bertz CT molecular complexity index is 578. The summed E-state index contributed by atoms with van der Waals surface area (Å²) in [5.74, 6) is 1.35. The second-order valence-electron chi connectivity index (χ2n) is 4.59. The van der Waals surface area contributed by atoms with Crippen LogP contribution < -0.4 is 10.1 Å². The summed E-state index contributed by atoms with van der Waals surface area (Å²) in [4.78, 5) is 11.6. The predicted octanol–water partition coefficient (Wildman–Crippen LogP) is 2.03. The SMILES string of the molecule is Cc1cc(CCNC(=O)COc2ccccc2C)on1. The third-order valence-corrected chi connectivity index (χ3v) is 2.82. The van der Waals surface area contributed by atoms with E-state index in [1.165, 1.54) is 0 Å². The van der Waals surface area contributed by atoms with Gasteiger partial charge >= 0.3 is 0 Å². The van der Waals surface area contributed by atoms with Gasteiger partial charge in [-0.05, 0) is 25.5 Å². The molecule has 1 aromatic heterocycles. The number of nitrogens with zero attached hydrogens (tertiary/aromatic N) is 1. The Morgan fingerprint density at radius 1 is 1.35 bits per heavy atom. The van der Waals surface area contributed by atoms with Crippen molar-refractivity contribution in [2.45, 2.75) is 20.3 Å². The number of rotatable bonds is 6. The lowest BCUT2D eigenvalue weighted by molar-refractivity contribution is -0.123. The van der Waals surface area contributed by atoms with Crippen molar-refractivity contribution in [1.29, 1.82) is 0 Å². The number of nitrogens with one attached hydrogen (secondary N) is 1. The lowest BCUT2D eigenvalue weighted by Gasteiger charge is -2.08. The number of aryl methyl sites for hydroxylation is 2. The maximum atomic E-state index is 11.6. The molecular formula is C15H18N2O3. The van der Waals surface area contributed by atoms with E-state index in [-0.39, 0.29) is 12.5 Å².